The normalized spacial score (nSPS) is 11.6. The van der Waals surface area contributed by atoms with Crippen molar-refractivity contribution in [2.24, 2.45) is 0 Å². The molecule has 6 aromatic rings. The van der Waals surface area contributed by atoms with Gasteiger partial charge in [-0.25, -0.2) is 0 Å². The average molecular weight is 564 g/mol. The number of fused-ring (bicyclic) bond motifs is 2. The van der Waals surface area contributed by atoms with E-state index in [4.69, 9.17) is 0 Å². The lowest BCUT2D eigenvalue weighted by atomic mass is 9.97. The third kappa shape index (κ3) is 4.43. The molecule has 0 bridgehead atoms. The number of para-hydroxylation sites is 1. The second-order valence-corrected chi connectivity index (χ2v) is 10.5. The maximum absolute atomic E-state index is 4.10. The fourth-order valence-electron chi connectivity index (χ4n) is 5.42. The topological polar surface area (TPSA) is 48.5 Å². The van der Waals surface area contributed by atoms with E-state index < -0.39 is 0 Å². The van der Waals surface area contributed by atoms with E-state index in [1.54, 1.807) is 4.68 Å². The molecule has 0 spiro atoms. The molecule has 38 heavy (non-hydrogen) atoms. The number of hydrogen-bond donors (Lipinski definition) is 0. The van der Waals surface area contributed by atoms with Crippen LogP contribution in [0.3, 0.4) is 0 Å². The molecule has 4 aromatic carbocycles. The molecular weight excluding hydrogens is 534 g/mol. The van der Waals surface area contributed by atoms with Crippen LogP contribution < -0.4 is 0 Å². The van der Waals surface area contributed by atoms with Crippen LogP contribution in [0.2, 0.25) is 0 Å². The molecular formula is C32H29BrN5. The van der Waals surface area contributed by atoms with Crippen LogP contribution in [0.15, 0.2) is 89.4 Å². The Morgan fingerprint density at radius 3 is 2.47 bits per heavy atom. The molecule has 0 saturated heterocycles. The van der Waals surface area contributed by atoms with Gasteiger partial charge in [0.15, 0.2) is 5.82 Å². The molecule has 5 nitrogen and oxygen atoms in total. The van der Waals surface area contributed by atoms with Crippen molar-refractivity contribution in [3.05, 3.63) is 113 Å². The summed E-state index contributed by atoms with van der Waals surface area (Å²) >= 11 is 3.81. The number of rotatable bonds is 8. The molecule has 0 aliphatic rings. The highest BCUT2D eigenvalue weighted by Gasteiger charge is 2.20. The molecule has 0 fully saturated rings. The van der Waals surface area contributed by atoms with E-state index in [-0.39, 0.29) is 0 Å². The summed E-state index contributed by atoms with van der Waals surface area (Å²) in [5.74, 6) is 0.504. The lowest BCUT2D eigenvalue weighted by molar-refractivity contribution is 0.717. The van der Waals surface area contributed by atoms with Gasteiger partial charge in [-0.2, -0.15) is 4.68 Å². The van der Waals surface area contributed by atoms with Gasteiger partial charge in [-0.05, 0) is 84.9 Å². The Hall–Kier alpha value is -3.77. The van der Waals surface area contributed by atoms with Crippen LogP contribution in [-0.4, -0.2) is 24.8 Å². The predicted molar refractivity (Wildman–Crippen MR) is 159 cm³/mol. The van der Waals surface area contributed by atoms with Crippen LogP contribution in [0.1, 0.15) is 43.1 Å². The third-order valence-electron chi connectivity index (χ3n) is 7.26. The summed E-state index contributed by atoms with van der Waals surface area (Å²) in [6.07, 6.45) is 4.69. The number of tetrazole rings is 1. The van der Waals surface area contributed by atoms with Crippen molar-refractivity contribution in [2.45, 2.75) is 39.2 Å². The molecule has 1 radical (unpaired) electrons. The minimum Gasteiger partial charge on any atom is -0.336 e. The monoisotopic (exact) mass is 562 g/mol. The average Bonchev–Trinajstić information content (AvgIpc) is 3.50. The number of benzene rings is 4. The van der Waals surface area contributed by atoms with Gasteiger partial charge < -0.3 is 4.57 Å². The van der Waals surface area contributed by atoms with Crippen molar-refractivity contribution in [3.63, 3.8) is 0 Å². The first-order chi connectivity index (χ1) is 18.7. The first-order valence-corrected chi connectivity index (χ1v) is 13.9. The van der Waals surface area contributed by atoms with Crippen molar-refractivity contribution in [1.29, 1.82) is 0 Å². The van der Waals surface area contributed by atoms with E-state index in [1.165, 1.54) is 52.5 Å². The molecule has 0 aliphatic carbocycles. The Morgan fingerprint density at radius 1 is 0.868 bits per heavy atom. The van der Waals surface area contributed by atoms with Gasteiger partial charge in [-0.15, -0.1) is 5.10 Å². The zero-order valence-electron chi connectivity index (χ0n) is 21.4. The summed E-state index contributed by atoms with van der Waals surface area (Å²) in [7, 11) is 0. The second-order valence-electron chi connectivity index (χ2n) is 9.71. The van der Waals surface area contributed by atoms with E-state index in [1.807, 2.05) is 6.07 Å². The first-order valence-electron chi connectivity index (χ1n) is 13.1. The molecule has 6 heteroatoms. The maximum atomic E-state index is 4.10. The molecule has 0 unspecified atom stereocenters. The number of aromatic nitrogens is 5. The Morgan fingerprint density at radius 2 is 1.68 bits per heavy atom. The number of hydrogen-bond acceptors (Lipinski definition) is 3. The van der Waals surface area contributed by atoms with Crippen molar-refractivity contribution in [1.82, 2.24) is 24.8 Å². The summed E-state index contributed by atoms with van der Waals surface area (Å²) in [6.45, 7) is 7.04. The molecule has 6 rings (SSSR count). The number of unbranched alkanes of at least 4 members (excludes halogenated alkanes) is 2. The van der Waals surface area contributed by atoms with Crippen molar-refractivity contribution in [2.75, 3.05) is 0 Å². The van der Waals surface area contributed by atoms with Gasteiger partial charge in [0.1, 0.15) is 0 Å². The molecule has 0 N–H and O–H groups in total. The largest absolute Gasteiger partial charge is 0.336 e. The van der Waals surface area contributed by atoms with Crippen LogP contribution in [-0.2, 0) is 13.0 Å². The van der Waals surface area contributed by atoms with Crippen LogP contribution in [0, 0.1) is 6.92 Å². The SMILES string of the molecule is [CH2]c1nnnn1-c1ccc2cc(-c3c(CCCCC)c4ccccc4n3Cc3ccccc3)ccc2c1Br. The van der Waals surface area contributed by atoms with Gasteiger partial charge in [-0.3, -0.25) is 0 Å². The highest BCUT2D eigenvalue weighted by Crippen LogP contribution is 2.39. The van der Waals surface area contributed by atoms with E-state index in [2.05, 4.69) is 129 Å². The number of nitrogens with zero attached hydrogens (tertiary/aromatic N) is 5. The van der Waals surface area contributed by atoms with Crippen molar-refractivity contribution in [3.8, 4) is 16.9 Å². The zero-order chi connectivity index (χ0) is 26.1. The lowest BCUT2D eigenvalue weighted by Crippen LogP contribution is -2.03. The smallest absolute Gasteiger partial charge is 0.157 e. The van der Waals surface area contributed by atoms with E-state index >= 15 is 0 Å². The molecule has 0 atom stereocenters. The lowest BCUT2D eigenvalue weighted by Gasteiger charge is -2.15. The first kappa shape index (κ1) is 24.6. The standard InChI is InChI=1S/C32H29BrN5/c1-3-4-6-14-28-27-13-9-10-15-29(27)37(21-23-11-7-5-8-12-23)32(28)25-16-18-26-24(20-25)17-19-30(31(26)33)38-22(2)34-35-36-38/h5,7-13,15-20H,2-4,6,14,21H2,1H3. The van der Waals surface area contributed by atoms with Gasteiger partial charge in [0.2, 0.25) is 0 Å². The summed E-state index contributed by atoms with van der Waals surface area (Å²) in [5.41, 5.74) is 7.45. The van der Waals surface area contributed by atoms with E-state index in [9.17, 15) is 0 Å². The number of halogens is 1. The molecule has 0 amide bonds. The highest BCUT2D eigenvalue weighted by molar-refractivity contribution is 9.10. The van der Waals surface area contributed by atoms with Gasteiger partial charge in [0, 0.05) is 24.4 Å². The quantitative estimate of drug-likeness (QED) is 0.176. The molecule has 2 aromatic heterocycles. The van der Waals surface area contributed by atoms with Gasteiger partial charge in [0.25, 0.3) is 0 Å². The maximum Gasteiger partial charge on any atom is 0.157 e. The Bertz CT molecular complexity index is 1730. The molecule has 0 aliphatic heterocycles. The molecule has 2 heterocycles. The highest BCUT2D eigenvalue weighted by atomic mass is 79.9. The fraction of sp³-hybridized carbons (Fsp3) is 0.188. The molecule has 189 valence electrons. The minimum absolute atomic E-state index is 0.504. The Balaban J connectivity index is 1.54. The second kappa shape index (κ2) is 10.5. The zero-order valence-corrected chi connectivity index (χ0v) is 23.0. The summed E-state index contributed by atoms with van der Waals surface area (Å²) < 4.78 is 5.11. The van der Waals surface area contributed by atoms with Crippen molar-refractivity contribution < 1.29 is 0 Å². The van der Waals surface area contributed by atoms with Crippen LogP contribution in [0.4, 0.5) is 0 Å². The summed E-state index contributed by atoms with van der Waals surface area (Å²) in [6, 6.07) is 30.6. The fourth-order valence-corrected chi connectivity index (χ4v) is 6.09. The van der Waals surface area contributed by atoms with E-state index in [0.717, 1.165) is 33.9 Å². The Labute approximate surface area is 231 Å². The third-order valence-corrected chi connectivity index (χ3v) is 8.09. The van der Waals surface area contributed by atoms with E-state index in [0.29, 0.717) is 5.82 Å². The van der Waals surface area contributed by atoms with Gasteiger partial charge in [0.05, 0.1) is 15.9 Å². The Kier molecular flexibility index (Phi) is 6.81. The van der Waals surface area contributed by atoms with Gasteiger partial charge >= 0.3 is 0 Å². The predicted octanol–water partition coefficient (Wildman–Crippen LogP) is 8.16. The van der Waals surface area contributed by atoms with Crippen LogP contribution >= 0.6 is 15.9 Å². The summed E-state index contributed by atoms with van der Waals surface area (Å²) in [5, 5.41) is 15.4. The van der Waals surface area contributed by atoms with Crippen molar-refractivity contribution >= 4 is 37.6 Å². The minimum atomic E-state index is 0.504. The summed E-state index contributed by atoms with van der Waals surface area (Å²) in [4.78, 5) is 0. The van der Waals surface area contributed by atoms with Crippen LogP contribution in [0.5, 0.6) is 0 Å². The van der Waals surface area contributed by atoms with Crippen LogP contribution in [0.25, 0.3) is 38.6 Å². The van der Waals surface area contributed by atoms with Gasteiger partial charge in [-0.1, -0.05) is 86.5 Å². The number of aryl methyl sites for hydroxylation is 1. The molecule has 0 saturated carbocycles.